The predicted octanol–water partition coefficient (Wildman–Crippen LogP) is 1.14. The molecule has 0 unspecified atom stereocenters. The Balaban J connectivity index is 1.97. The van der Waals surface area contributed by atoms with Gasteiger partial charge < -0.3 is 19.4 Å². The van der Waals surface area contributed by atoms with Crippen molar-refractivity contribution in [2.45, 2.75) is 32.8 Å². The zero-order chi connectivity index (χ0) is 18.5. The van der Waals surface area contributed by atoms with Gasteiger partial charge in [0, 0.05) is 17.4 Å². The quantitative estimate of drug-likeness (QED) is 0.630. The molecule has 1 saturated heterocycles. The number of hydrogen-bond donors (Lipinski definition) is 2. The maximum absolute atomic E-state index is 10.1. The Hall–Kier alpha value is -2.92. The molecule has 8 nitrogen and oxygen atoms in total. The largest absolute Gasteiger partial charge is 0.475 e. The monoisotopic (exact) mass is 365 g/mol. The molecule has 0 bridgehead atoms. The molecular weight excluding hydrogens is 344 g/mol. The highest BCUT2D eigenvalue weighted by Gasteiger charge is 2.31. The fourth-order valence-electron chi connectivity index (χ4n) is 4.07. The van der Waals surface area contributed by atoms with E-state index >= 15 is 0 Å². The Labute approximate surface area is 155 Å². The lowest BCUT2D eigenvalue weighted by Crippen LogP contribution is -2.42. The summed E-state index contributed by atoms with van der Waals surface area (Å²) in [7, 11) is 0. The molecular formula is C19H21N6O2+. The molecule has 1 atom stereocenters. The van der Waals surface area contributed by atoms with Gasteiger partial charge in [0.15, 0.2) is 11.4 Å². The first-order valence-electron chi connectivity index (χ1n) is 9.37. The van der Waals surface area contributed by atoms with Crippen LogP contribution < -0.4 is 14.8 Å². The molecule has 0 saturated carbocycles. The van der Waals surface area contributed by atoms with E-state index in [4.69, 9.17) is 14.5 Å². The fraction of sp³-hybridized carbons (Fsp3) is 0.474. The van der Waals surface area contributed by atoms with Crippen molar-refractivity contribution in [3.63, 3.8) is 0 Å². The van der Waals surface area contributed by atoms with Crippen LogP contribution in [0, 0.1) is 18.3 Å². The van der Waals surface area contributed by atoms with Crippen LogP contribution in [-0.4, -0.2) is 52.3 Å². The highest BCUT2D eigenvalue weighted by Crippen LogP contribution is 2.37. The smallest absolute Gasteiger partial charge is 0.339 e. The van der Waals surface area contributed by atoms with Crippen LogP contribution in [0.25, 0.3) is 22.1 Å². The van der Waals surface area contributed by atoms with E-state index in [2.05, 4.69) is 32.5 Å². The van der Waals surface area contributed by atoms with Crippen molar-refractivity contribution in [2.75, 3.05) is 26.3 Å². The van der Waals surface area contributed by atoms with Gasteiger partial charge in [-0.25, -0.2) is 4.98 Å². The van der Waals surface area contributed by atoms with Crippen LogP contribution in [0.5, 0.6) is 5.88 Å². The zero-order valence-corrected chi connectivity index (χ0v) is 15.4. The number of nitrogens with one attached hydrogen (secondary N) is 2. The Morgan fingerprint density at radius 3 is 2.70 bits per heavy atom. The van der Waals surface area contributed by atoms with Crippen molar-refractivity contribution in [1.82, 2.24) is 24.5 Å². The number of ether oxygens (including phenoxy) is 2. The molecule has 27 heavy (non-hydrogen) atoms. The van der Waals surface area contributed by atoms with Crippen LogP contribution in [-0.2, 0) is 11.2 Å². The first kappa shape index (κ1) is 16.3. The lowest BCUT2D eigenvalue weighted by Gasteiger charge is -2.14. The van der Waals surface area contributed by atoms with Gasteiger partial charge in [-0.15, -0.1) is 0 Å². The van der Waals surface area contributed by atoms with Gasteiger partial charge in [-0.2, -0.15) is 5.26 Å². The highest BCUT2D eigenvalue weighted by molar-refractivity contribution is 6.08. The van der Waals surface area contributed by atoms with E-state index < -0.39 is 0 Å². The summed E-state index contributed by atoms with van der Waals surface area (Å²) in [6.45, 7) is 6.74. The molecule has 0 spiro atoms. The molecule has 0 aromatic carbocycles. The zero-order valence-electron chi connectivity index (χ0n) is 15.4. The summed E-state index contributed by atoms with van der Waals surface area (Å²) in [6.07, 6.45) is 1.81. The molecule has 3 aromatic heterocycles. The number of morpholine rings is 1. The number of aryl methyl sites for hydroxylation is 1. The summed E-state index contributed by atoms with van der Waals surface area (Å²) in [5.74, 6) is 1.49. The molecule has 5 heterocycles. The number of fused-ring (bicyclic) bond motifs is 2. The van der Waals surface area contributed by atoms with Gasteiger partial charge in [0.2, 0.25) is 0 Å². The molecule has 5 rings (SSSR count). The van der Waals surface area contributed by atoms with E-state index in [1.54, 1.807) is 0 Å². The number of rotatable bonds is 1. The molecule has 1 fully saturated rings. The van der Waals surface area contributed by atoms with Crippen molar-refractivity contribution >= 4 is 22.1 Å². The molecule has 2 N–H and O–H groups in total. The van der Waals surface area contributed by atoms with Crippen LogP contribution in [0.1, 0.15) is 30.3 Å². The number of aromatic nitrogens is 4. The minimum atomic E-state index is 0.114. The lowest BCUT2D eigenvalue weighted by molar-refractivity contribution is 0.0959. The molecule has 0 amide bonds. The van der Waals surface area contributed by atoms with E-state index in [-0.39, 0.29) is 6.10 Å². The van der Waals surface area contributed by atoms with Crippen LogP contribution in [0.3, 0.4) is 0 Å². The first-order valence-corrected chi connectivity index (χ1v) is 9.37. The normalized spacial score (nSPS) is 19.3. The Morgan fingerprint density at radius 2 is 1.96 bits per heavy atom. The van der Waals surface area contributed by atoms with Gasteiger partial charge in [-0.05, 0) is 18.3 Å². The summed E-state index contributed by atoms with van der Waals surface area (Å²) in [5, 5.41) is 11.8. The Morgan fingerprint density at radius 1 is 1.19 bits per heavy atom. The van der Waals surface area contributed by atoms with Gasteiger partial charge >= 0.3 is 5.49 Å². The number of hydrogen-bond acceptors (Lipinski definition) is 5. The maximum atomic E-state index is 10.1. The SMILES string of the molecule is CC[C@H]1Cc2c([nH]c3nc(C)[nH]c4nc(=[N+]5CCOCC5)c(C#N)c2c43)O1. The van der Waals surface area contributed by atoms with E-state index in [0.717, 1.165) is 59.6 Å². The second-order valence-electron chi connectivity index (χ2n) is 7.08. The van der Waals surface area contributed by atoms with E-state index in [9.17, 15) is 5.26 Å². The van der Waals surface area contributed by atoms with E-state index in [0.29, 0.717) is 29.9 Å². The second-order valence-corrected chi connectivity index (χ2v) is 7.08. The van der Waals surface area contributed by atoms with Crippen molar-refractivity contribution in [1.29, 1.82) is 5.26 Å². The van der Waals surface area contributed by atoms with Gasteiger partial charge in [-0.3, -0.25) is 4.58 Å². The third kappa shape index (κ3) is 2.42. The summed E-state index contributed by atoms with van der Waals surface area (Å²) in [4.78, 5) is 16.0. The van der Waals surface area contributed by atoms with E-state index in [1.807, 2.05) is 6.92 Å². The van der Waals surface area contributed by atoms with Gasteiger partial charge in [0.05, 0.1) is 18.6 Å². The fourth-order valence-corrected chi connectivity index (χ4v) is 4.07. The number of aromatic amines is 2. The minimum Gasteiger partial charge on any atom is -0.475 e. The van der Waals surface area contributed by atoms with Gasteiger partial charge in [-0.1, -0.05) is 6.92 Å². The summed E-state index contributed by atoms with van der Waals surface area (Å²) >= 11 is 0. The second kappa shape index (κ2) is 6.06. The van der Waals surface area contributed by atoms with Gasteiger partial charge in [0.1, 0.15) is 36.7 Å². The number of pyridine rings is 2. The van der Waals surface area contributed by atoms with Crippen molar-refractivity contribution in [2.24, 2.45) is 0 Å². The maximum Gasteiger partial charge on any atom is 0.339 e. The lowest BCUT2D eigenvalue weighted by atomic mass is 9.99. The summed E-state index contributed by atoms with van der Waals surface area (Å²) in [5.41, 5.74) is 3.80. The van der Waals surface area contributed by atoms with Crippen molar-refractivity contribution in [3.05, 3.63) is 22.4 Å². The third-order valence-electron chi connectivity index (χ3n) is 5.40. The van der Waals surface area contributed by atoms with Crippen molar-refractivity contribution in [3.8, 4) is 11.9 Å². The molecule has 3 aromatic rings. The molecule has 8 heteroatoms. The van der Waals surface area contributed by atoms with Crippen LogP contribution in [0.4, 0.5) is 0 Å². The average molecular weight is 365 g/mol. The Kier molecular flexibility index (Phi) is 3.65. The number of H-pyrrole nitrogens is 2. The van der Waals surface area contributed by atoms with Crippen LogP contribution in [0.2, 0.25) is 0 Å². The standard InChI is InChI=1S/C19H20N6O2/c1-3-11-8-12-14-13(9-20)18(25-4-6-26-7-5-25)23-16-15(14)17(22-10(2)21-16)24-19(12)27-11/h11H,3-8H2,1-2H3,(H,21,22,23,24)/p+1/t11-/m0/s1. The average Bonchev–Trinajstić information content (AvgIpc) is 3.11. The number of nitrogens with zero attached hydrogens (tertiary/aromatic N) is 4. The summed E-state index contributed by atoms with van der Waals surface area (Å²) < 4.78 is 13.7. The molecule has 2 aliphatic rings. The van der Waals surface area contributed by atoms with Crippen LogP contribution in [0.15, 0.2) is 0 Å². The Bertz CT molecular complexity index is 1180. The summed E-state index contributed by atoms with van der Waals surface area (Å²) in [6, 6.07) is 2.42. The molecule has 0 radical (unpaired) electrons. The topological polar surface area (TPSA) is 103 Å². The highest BCUT2D eigenvalue weighted by atomic mass is 16.5. The van der Waals surface area contributed by atoms with Crippen molar-refractivity contribution < 1.29 is 9.47 Å². The minimum absolute atomic E-state index is 0.114. The van der Waals surface area contributed by atoms with Gasteiger partial charge in [0.25, 0.3) is 5.65 Å². The molecule has 0 aliphatic carbocycles. The van der Waals surface area contributed by atoms with Crippen LogP contribution >= 0.6 is 0 Å². The molecule has 138 valence electrons. The van der Waals surface area contributed by atoms with E-state index in [1.165, 1.54) is 0 Å². The first-order chi connectivity index (χ1) is 13.2. The molecule has 2 aliphatic heterocycles. The third-order valence-corrected chi connectivity index (χ3v) is 5.40. The predicted molar refractivity (Wildman–Crippen MR) is 99.4 cm³/mol. The number of nitriles is 1.